The van der Waals surface area contributed by atoms with Crippen molar-refractivity contribution in [3.63, 3.8) is 0 Å². The fraction of sp³-hybridized carbons (Fsp3) is 0.300. The fourth-order valence-electron chi connectivity index (χ4n) is 2.76. The highest BCUT2D eigenvalue weighted by atomic mass is 127. The van der Waals surface area contributed by atoms with Crippen LogP contribution in [0.2, 0.25) is 0 Å². The van der Waals surface area contributed by atoms with Crippen LogP contribution in [0.1, 0.15) is 28.4 Å². The number of primary amides is 1. The van der Waals surface area contributed by atoms with Crippen LogP contribution in [0.15, 0.2) is 47.5 Å². The number of carbonyl (C=O) groups excluding carboxylic acids is 1. The number of rotatable bonds is 7. The van der Waals surface area contributed by atoms with Gasteiger partial charge in [0.25, 0.3) is 0 Å². The van der Waals surface area contributed by atoms with Crippen LogP contribution >= 0.6 is 24.0 Å². The number of nitrogens with two attached hydrogens (primary N) is 1. The summed E-state index contributed by atoms with van der Waals surface area (Å²) in [6.07, 6.45) is 0.832. The predicted molar refractivity (Wildman–Crippen MR) is 119 cm³/mol. The van der Waals surface area contributed by atoms with E-state index in [4.69, 9.17) is 15.2 Å². The highest BCUT2D eigenvalue weighted by Crippen LogP contribution is 2.32. The number of hydrogen-bond donors (Lipinski definition) is 3. The second-order valence-electron chi connectivity index (χ2n) is 6.12. The lowest BCUT2D eigenvalue weighted by molar-refractivity contribution is 0.1000. The highest BCUT2D eigenvalue weighted by Gasteiger charge is 2.13. The molecule has 0 unspecified atom stereocenters. The zero-order valence-corrected chi connectivity index (χ0v) is 18.1. The molecule has 0 saturated carbocycles. The Labute approximate surface area is 181 Å². The number of guanidine groups is 1. The van der Waals surface area contributed by atoms with Crippen LogP contribution in [0.25, 0.3) is 0 Å². The Hall–Kier alpha value is -2.49. The van der Waals surface area contributed by atoms with Crippen molar-refractivity contribution in [3.8, 4) is 11.5 Å². The van der Waals surface area contributed by atoms with Gasteiger partial charge in [-0.05, 0) is 48.7 Å². The van der Waals surface area contributed by atoms with Crippen molar-refractivity contribution >= 4 is 35.8 Å². The zero-order valence-electron chi connectivity index (χ0n) is 15.7. The molecule has 4 N–H and O–H groups in total. The fourth-order valence-corrected chi connectivity index (χ4v) is 2.76. The Balaban J connectivity index is 0.00000280. The normalized spacial score (nSPS) is 12.2. The summed E-state index contributed by atoms with van der Waals surface area (Å²) in [6, 6.07) is 13.2. The number of amides is 1. The maximum Gasteiger partial charge on any atom is 0.248 e. The van der Waals surface area contributed by atoms with Gasteiger partial charge in [0.05, 0.1) is 6.54 Å². The first-order valence-corrected chi connectivity index (χ1v) is 8.95. The van der Waals surface area contributed by atoms with Gasteiger partial charge in [0, 0.05) is 18.7 Å². The molecule has 0 aliphatic carbocycles. The summed E-state index contributed by atoms with van der Waals surface area (Å²) in [6.45, 7) is 4.25. The van der Waals surface area contributed by atoms with E-state index in [1.807, 2.05) is 37.3 Å². The highest BCUT2D eigenvalue weighted by molar-refractivity contribution is 14.0. The van der Waals surface area contributed by atoms with Crippen LogP contribution in [0.4, 0.5) is 0 Å². The number of halogens is 1. The number of nitrogens with one attached hydrogen (secondary N) is 2. The van der Waals surface area contributed by atoms with Gasteiger partial charge in [0.15, 0.2) is 17.5 Å². The summed E-state index contributed by atoms with van der Waals surface area (Å²) < 4.78 is 10.7. The van der Waals surface area contributed by atoms with Crippen LogP contribution in [0, 0.1) is 0 Å². The van der Waals surface area contributed by atoms with Gasteiger partial charge in [-0.15, -0.1) is 24.0 Å². The van der Waals surface area contributed by atoms with E-state index < -0.39 is 5.91 Å². The molecule has 0 bridgehead atoms. The van der Waals surface area contributed by atoms with Crippen LogP contribution in [-0.4, -0.2) is 31.7 Å². The van der Waals surface area contributed by atoms with E-state index in [0.29, 0.717) is 12.1 Å². The number of fused-ring (bicyclic) bond motifs is 1. The molecule has 28 heavy (non-hydrogen) atoms. The van der Waals surface area contributed by atoms with Gasteiger partial charge in [-0.25, -0.2) is 4.99 Å². The van der Waals surface area contributed by atoms with Gasteiger partial charge in [0.2, 0.25) is 12.7 Å². The summed E-state index contributed by atoms with van der Waals surface area (Å²) >= 11 is 0. The molecule has 0 aromatic heterocycles. The Morgan fingerprint density at radius 1 is 1.11 bits per heavy atom. The molecule has 2 aromatic carbocycles. The minimum absolute atomic E-state index is 0. The summed E-state index contributed by atoms with van der Waals surface area (Å²) in [5.41, 5.74) is 7.91. The molecule has 7 nitrogen and oxygen atoms in total. The van der Waals surface area contributed by atoms with Crippen LogP contribution < -0.4 is 25.8 Å². The minimum atomic E-state index is -0.436. The zero-order chi connectivity index (χ0) is 19.1. The Bertz CT molecular complexity index is 842. The third-order valence-corrected chi connectivity index (χ3v) is 4.12. The molecule has 150 valence electrons. The van der Waals surface area contributed by atoms with Crippen LogP contribution in [-0.2, 0) is 13.0 Å². The summed E-state index contributed by atoms with van der Waals surface area (Å²) in [5, 5.41) is 6.54. The molecule has 0 fully saturated rings. The first kappa shape index (κ1) is 21.8. The van der Waals surface area contributed by atoms with Crippen molar-refractivity contribution in [1.82, 2.24) is 10.6 Å². The van der Waals surface area contributed by atoms with Crippen molar-refractivity contribution in [2.24, 2.45) is 10.7 Å². The monoisotopic (exact) mass is 496 g/mol. The quantitative estimate of drug-likeness (QED) is 0.311. The predicted octanol–water partition coefficient (Wildman–Crippen LogP) is 2.43. The van der Waals surface area contributed by atoms with Gasteiger partial charge < -0.3 is 25.8 Å². The van der Waals surface area contributed by atoms with Crippen LogP contribution in [0.3, 0.4) is 0 Å². The lowest BCUT2D eigenvalue weighted by atomic mass is 10.1. The van der Waals surface area contributed by atoms with Gasteiger partial charge in [-0.2, -0.15) is 0 Å². The number of benzene rings is 2. The lowest BCUT2D eigenvalue weighted by Crippen LogP contribution is -2.38. The Morgan fingerprint density at radius 3 is 2.71 bits per heavy atom. The Kier molecular flexibility index (Phi) is 8.37. The van der Waals surface area contributed by atoms with Crippen molar-refractivity contribution in [2.75, 3.05) is 19.9 Å². The van der Waals surface area contributed by atoms with Crippen molar-refractivity contribution in [2.45, 2.75) is 19.9 Å². The lowest BCUT2D eigenvalue weighted by Gasteiger charge is -2.11. The van der Waals surface area contributed by atoms with Crippen molar-refractivity contribution < 1.29 is 14.3 Å². The SMILES string of the molecule is CCNC(=NCc1cccc(C(N)=O)c1)NCCc1ccc2c(c1)OCO2.I. The van der Waals surface area contributed by atoms with E-state index >= 15 is 0 Å². The molecular weight excluding hydrogens is 471 g/mol. The molecule has 3 rings (SSSR count). The summed E-state index contributed by atoms with van der Waals surface area (Å²) in [7, 11) is 0. The van der Waals surface area contributed by atoms with E-state index in [0.717, 1.165) is 48.1 Å². The molecule has 0 radical (unpaired) electrons. The molecule has 2 aromatic rings. The van der Waals surface area contributed by atoms with E-state index in [2.05, 4.69) is 15.6 Å². The van der Waals surface area contributed by atoms with Crippen molar-refractivity contribution in [3.05, 3.63) is 59.2 Å². The van der Waals surface area contributed by atoms with Gasteiger partial charge in [-0.1, -0.05) is 18.2 Å². The smallest absolute Gasteiger partial charge is 0.248 e. The number of carbonyl (C=O) groups is 1. The molecule has 1 aliphatic rings. The Morgan fingerprint density at radius 2 is 1.93 bits per heavy atom. The molecule has 0 atom stereocenters. The summed E-state index contributed by atoms with van der Waals surface area (Å²) in [5.74, 6) is 1.87. The van der Waals surface area contributed by atoms with E-state index in [9.17, 15) is 4.79 Å². The topological polar surface area (TPSA) is 98.0 Å². The van der Waals surface area contributed by atoms with Gasteiger partial charge in [0.1, 0.15) is 0 Å². The van der Waals surface area contributed by atoms with Crippen molar-refractivity contribution in [1.29, 1.82) is 0 Å². The molecule has 0 spiro atoms. The van der Waals surface area contributed by atoms with Gasteiger partial charge >= 0.3 is 0 Å². The molecule has 1 aliphatic heterocycles. The average Bonchev–Trinajstić information content (AvgIpc) is 3.14. The molecule has 1 heterocycles. The molecule has 0 saturated heterocycles. The maximum atomic E-state index is 11.3. The second kappa shape index (κ2) is 10.7. The summed E-state index contributed by atoms with van der Waals surface area (Å²) in [4.78, 5) is 15.9. The average molecular weight is 496 g/mol. The second-order valence-corrected chi connectivity index (χ2v) is 6.12. The number of nitrogens with zero attached hydrogens (tertiary/aromatic N) is 1. The largest absolute Gasteiger partial charge is 0.454 e. The van der Waals surface area contributed by atoms with E-state index in [1.165, 1.54) is 0 Å². The number of hydrogen-bond acceptors (Lipinski definition) is 4. The third kappa shape index (κ3) is 6.01. The first-order valence-electron chi connectivity index (χ1n) is 8.95. The maximum absolute atomic E-state index is 11.3. The standard InChI is InChI=1S/C20H24N4O3.HI/c1-2-22-20(24-12-15-4-3-5-16(10-15)19(21)25)23-9-8-14-6-7-17-18(11-14)27-13-26-17;/h3-7,10-11H,2,8-9,12-13H2,1H3,(H2,21,25)(H2,22,23,24);1H. The first-order chi connectivity index (χ1) is 13.2. The van der Waals surface area contributed by atoms with E-state index in [1.54, 1.807) is 12.1 Å². The van der Waals surface area contributed by atoms with Gasteiger partial charge in [-0.3, -0.25) is 4.79 Å². The number of aliphatic imine (C=N–C) groups is 1. The minimum Gasteiger partial charge on any atom is -0.454 e. The molecular formula is C20H25IN4O3. The van der Waals surface area contributed by atoms with E-state index in [-0.39, 0.29) is 30.8 Å². The third-order valence-electron chi connectivity index (χ3n) is 4.12. The number of ether oxygens (including phenoxy) is 2. The molecule has 1 amide bonds. The molecule has 8 heteroatoms. The van der Waals surface area contributed by atoms with Crippen LogP contribution in [0.5, 0.6) is 11.5 Å².